The molecular formula is C8H17NO4S. The number of rotatable bonds is 5. The molecule has 6 heteroatoms. The van der Waals surface area contributed by atoms with Crippen molar-refractivity contribution in [2.75, 3.05) is 24.7 Å². The summed E-state index contributed by atoms with van der Waals surface area (Å²) in [5, 5.41) is 20.9. The second-order valence-corrected chi connectivity index (χ2v) is 5.79. The number of aliphatic hydroxyl groups excluding tert-OH is 2. The van der Waals surface area contributed by atoms with Crippen molar-refractivity contribution in [2.24, 2.45) is 0 Å². The zero-order chi connectivity index (χ0) is 10.6. The van der Waals surface area contributed by atoms with Gasteiger partial charge in [-0.2, -0.15) is 0 Å². The SMILES string of the molecule is O=S1(=O)CC(O)C(NCCCCO)C1. The average molecular weight is 223 g/mol. The number of unbranched alkanes of at least 4 members (excludes halogenated alkanes) is 1. The van der Waals surface area contributed by atoms with Crippen molar-refractivity contribution in [2.45, 2.75) is 25.0 Å². The van der Waals surface area contributed by atoms with Gasteiger partial charge in [0.1, 0.15) is 0 Å². The Morgan fingerprint density at radius 2 is 2.00 bits per heavy atom. The van der Waals surface area contributed by atoms with Crippen LogP contribution < -0.4 is 5.32 Å². The van der Waals surface area contributed by atoms with Crippen molar-refractivity contribution in [1.82, 2.24) is 5.32 Å². The lowest BCUT2D eigenvalue weighted by Gasteiger charge is -2.14. The van der Waals surface area contributed by atoms with Gasteiger partial charge in [0, 0.05) is 12.6 Å². The zero-order valence-corrected chi connectivity index (χ0v) is 8.83. The molecule has 1 aliphatic rings. The first-order valence-electron chi connectivity index (χ1n) is 4.78. The third-order valence-corrected chi connectivity index (χ3v) is 4.03. The molecule has 3 N–H and O–H groups in total. The lowest BCUT2D eigenvalue weighted by Crippen LogP contribution is -2.39. The van der Waals surface area contributed by atoms with Crippen molar-refractivity contribution < 1.29 is 18.6 Å². The standard InChI is InChI=1S/C8H17NO4S/c10-4-2-1-3-9-7-5-14(12,13)6-8(7)11/h7-11H,1-6H2. The van der Waals surface area contributed by atoms with E-state index in [0.29, 0.717) is 13.0 Å². The molecule has 2 unspecified atom stereocenters. The smallest absolute Gasteiger partial charge is 0.154 e. The molecule has 0 amide bonds. The monoisotopic (exact) mass is 223 g/mol. The van der Waals surface area contributed by atoms with Crippen molar-refractivity contribution in [1.29, 1.82) is 0 Å². The number of nitrogens with one attached hydrogen (secondary N) is 1. The molecule has 0 spiro atoms. The van der Waals surface area contributed by atoms with Crippen LogP contribution in [-0.2, 0) is 9.84 Å². The second-order valence-electron chi connectivity index (χ2n) is 3.64. The Bertz CT molecular complexity index is 265. The highest BCUT2D eigenvalue weighted by Crippen LogP contribution is 2.12. The van der Waals surface area contributed by atoms with Gasteiger partial charge in [0.15, 0.2) is 9.84 Å². The molecule has 1 heterocycles. The first-order valence-corrected chi connectivity index (χ1v) is 6.60. The predicted octanol–water partition coefficient (Wildman–Crippen LogP) is -1.49. The van der Waals surface area contributed by atoms with E-state index in [-0.39, 0.29) is 24.2 Å². The molecule has 2 atom stereocenters. The summed E-state index contributed by atoms with van der Waals surface area (Å²) >= 11 is 0. The lowest BCUT2D eigenvalue weighted by molar-refractivity contribution is 0.165. The molecular weight excluding hydrogens is 206 g/mol. The minimum absolute atomic E-state index is 0.0211. The van der Waals surface area contributed by atoms with Crippen molar-refractivity contribution in [3.63, 3.8) is 0 Å². The van der Waals surface area contributed by atoms with Gasteiger partial charge >= 0.3 is 0 Å². The molecule has 0 aromatic rings. The van der Waals surface area contributed by atoms with Crippen LogP contribution in [0.1, 0.15) is 12.8 Å². The van der Waals surface area contributed by atoms with E-state index in [0.717, 1.165) is 6.42 Å². The van der Waals surface area contributed by atoms with Gasteiger partial charge in [-0.05, 0) is 19.4 Å². The van der Waals surface area contributed by atoms with Crippen LogP contribution in [0.4, 0.5) is 0 Å². The van der Waals surface area contributed by atoms with E-state index in [1.54, 1.807) is 0 Å². The van der Waals surface area contributed by atoms with Crippen LogP contribution in [0, 0.1) is 0 Å². The largest absolute Gasteiger partial charge is 0.396 e. The van der Waals surface area contributed by atoms with Crippen LogP contribution in [0.25, 0.3) is 0 Å². The van der Waals surface area contributed by atoms with Crippen molar-refractivity contribution in [3.05, 3.63) is 0 Å². The Kier molecular flexibility index (Phi) is 4.31. The average Bonchev–Trinajstić information content (AvgIpc) is 2.34. The fourth-order valence-electron chi connectivity index (χ4n) is 1.55. The van der Waals surface area contributed by atoms with E-state index in [4.69, 9.17) is 5.11 Å². The first-order chi connectivity index (χ1) is 6.55. The fourth-order valence-corrected chi connectivity index (χ4v) is 3.32. The van der Waals surface area contributed by atoms with Crippen LogP contribution in [-0.4, -0.2) is 55.4 Å². The molecule has 0 saturated carbocycles. The summed E-state index contributed by atoms with van der Waals surface area (Å²) in [5.74, 6) is -0.113. The van der Waals surface area contributed by atoms with E-state index >= 15 is 0 Å². The Labute approximate surface area is 84.1 Å². The van der Waals surface area contributed by atoms with Gasteiger partial charge in [0.2, 0.25) is 0 Å². The van der Waals surface area contributed by atoms with Gasteiger partial charge in [-0.25, -0.2) is 8.42 Å². The molecule has 0 aromatic heterocycles. The first kappa shape index (κ1) is 11.9. The number of sulfone groups is 1. The third kappa shape index (κ3) is 3.53. The number of hydrogen-bond donors (Lipinski definition) is 3. The van der Waals surface area contributed by atoms with Crippen LogP contribution >= 0.6 is 0 Å². The minimum atomic E-state index is -3.05. The van der Waals surface area contributed by atoms with Crippen molar-refractivity contribution in [3.8, 4) is 0 Å². The van der Waals surface area contributed by atoms with Gasteiger partial charge in [-0.3, -0.25) is 0 Å². The highest BCUT2D eigenvalue weighted by Gasteiger charge is 2.35. The molecule has 5 nitrogen and oxygen atoms in total. The molecule has 84 valence electrons. The molecule has 1 rings (SSSR count). The van der Waals surface area contributed by atoms with Gasteiger partial charge in [-0.1, -0.05) is 0 Å². The molecule has 1 aliphatic heterocycles. The maximum Gasteiger partial charge on any atom is 0.154 e. The summed E-state index contributed by atoms with van der Waals surface area (Å²) < 4.78 is 22.2. The minimum Gasteiger partial charge on any atom is -0.396 e. The second kappa shape index (κ2) is 5.06. The van der Waals surface area contributed by atoms with Crippen LogP contribution in [0.2, 0.25) is 0 Å². The molecule has 0 bridgehead atoms. The molecule has 14 heavy (non-hydrogen) atoms. The quantitative estimate of drug-likeness (QED) is 0.494. The van der Waals surface area contributed by atoms with Gasteiger partial charge in [0.05, 0.1) is 17.6 Å². The van der Waals surface area contributed by atoms with E-state index in [1.165, 1.54) is 0 Å². The number of aliphatic hydroxyl groups is 2. The third-order valence-electron chi connectivity index (χ3n) is 2.31. The number of hydrogen-bond acceptors (Lipinski definition) is 5. The topological polar surface area (TPSA) is 86.6 Å². The Balaban J connectivity index is 2.25. The molecule has 0 aromatic carbocycles. The predicted molar refractivity (Wildman–Crippen MR) is 52.8 cm³/mol. The maximum absolute atomic E-state index is 11.1. The van der Waals surface area contributed by atoms with E-state index in [1.807, 2.05) is 0 Å². The maximum atomic E-state index is 11.1. The summed E-state index contributed by atoms with van der Waals surface area (Å²) in [5.41, 5.74) is 0. The summed E-state index contributed by atoms with van der Waals surface area (Å²) in [6.45, 7) is 0.783. The Morgan fingerprint density at radius 1 is 1.29 bits per heavy atom. The van der Waals surface area contributed by atoms with Crippen LogP contribution in [0.3, 0.4) is 0 Å². The zero-order valence-electron chi connectivity index (χ0n) is 8.02. The highest BCUT2D eigenvalue weighted by molar-refractivity contribution is 7.91. The molecule has 0 radical (unpaired) electrons. The van der Waals surface area contributed by atoms with Crippen LogP contribution in [0.15, 0.2) is 0 Å². The summed E-state index contributed by atoms with van der Waals surface area (Å²) in [7, 11) is -3.05. The van der Waals surface area contributed by atoms with Gasteiger partial charge < -0.3 is 15.5 Å². The molecule has 1 saturated heterocycles. The lowest BCUT2D eigenvalue weighted by atomic mass is 10.2. The summed E-state index contributed by atoms with van der Waals surface area (Å²) in [6.07, 6.45) is 0.705. The Hall–Kier alpha value is -0.170. The Morgan fingerprint density at radius 3 is 2.50 bits per heavy atom. The molecule has 0 aliphatic carbocycles. The summed E-state index contributed by atoms with van der Waals surface area (Å²) in [6, 6.07) is -0.335. The summed E-state index contributed by atoms with van der Waals surface area (Å²) in [4.78, 5) is 0. The molecule has 1 fully saturated rings. The van der Waals surface area contributed by atoms with Crippen LogP contribution in [0.5, 0.6) is 0 Å². The fraction of sp³-hybridized carbons (Fsp3) is 1.00. The van der Waals surface area contributed by atoms with E-state index < -0.39 is 15.9 Å². The van der Waals surface area contributed by atoms with Gasteiger partial charge in [-0.15, -0.1) is 0 Å². The normalized spacial score (nSPS) is 30.7. The van der Waals surface area contributed by atoms with E-state index in [2.05, 4.69) is 5.32 Å². The highest BCUT2D eigenvalue weighted by atomic mass is 32.2. The van der Waals surface area contributed by atoms with Crippen molar-refractivity contribution >= 4 is 9.84 Å². The van der Waals surface area contributed by atoms with Gasteiger partial charge in [0.25, 0.3) is 0 Å². The van der Waals surface area contributed by atoms with E-state index in [9.17, 15) is 13.5 Å².